The second kappa shape index (κ2) is 8.22. The Morgan fingerprint density at radius 3 is 2.73 bits per heavy atom. The SMILES string of the molecule is CN=C(NCCc1nccn1Cc1ccccc1)NC(C)C. The number of aromatic nitrogens is 2. The first-order valence-electron chi connectivity index (χ1n) is 7.70. The number of aliphatic imine (C=N–C) groups is 1. The Labute approximate surface area is 132 Å². The predicted octanol–water partition coefficient (Wildman–Crippen LogP) is 2.05. The number of nitrogens with zero attached hydrogens (tertiary/aromatic N) is 3. The van der Waals surface area contributed by atoms with Crippen LogP contribution < -0.4 is 10.6 Å². The summed E-state index contributed by atoms with van der Waals surface area (Å²) in [6.45, 7) is 5.85. The second-order valence-corrected chi connectivity index (χ2v) is 5.50. The van der Waals surface area contributed by atoms with E-state index in [-0.39, 0.29) is 0 Å². The molecule has 1 heterocycles. The van der Waals surface area contributed by atoms with Gasteiger partial charge in [0.25, 0.3) is 0 Å². The van der Waals surface area contributed by atoms with Gasteiger partial charge in [0.05, 0.1) is 0 Å². The molecule has 5 heteroatoms. The van der Waals surface area contributed by atoms with Crippen LogP contribution in [0.5, 0.6) is 0 Å². The van der Waals surface area contributed by atoms with Gasteiger partial charge in [0.2, 0.25) is 0 Å². The normalized spacial score (nSPS) is 11.7. The summed E-state index contributed by atoms with van der Waals surface area (Å²) in [5.74, 6) is 1.91. The molecule has 0 amide bonds. The molecule has 0 aliphatic rings. The zero-order chi connectivity index (χ0) is 15.8. The highest BCUT2D eigenvalue weighted by Gasteiger charge is 2.05. The average molecular weight is 299 g/mol. The van der Waals surface area contributed by atoms with Crippen molar-refractivity contribution in [3.63, 3.8) is 0 Å². The van der Waals surface area contributed by atoms with Gasteiger partial charge in [0, 0.05) is 45.0 Å². The molecule has 0 aliphatic carbocycles. The zero-order valence-electron chi connectivity index (χ0n) is 13.6. The van der Waals surface area contributed by atoms with Gasteiger partial charge >= 0.3 is 0 Å². The Bertz CT molecular complexity index is 586. The minimum absolute atomic E-state index is 0.367. The predicted molar refractivity (Wildman–Crippen MR) is 91.1 cm³/mol. The third kappa shape index (κ3) is 4.91. The van der Waals surface area contributed by atoms with Gasteiger partial charge in [0.1, 0.15) is 5.82 Å². The second-order valence-electron chi connectivity index (χ2n) is 5.50. The Balaban J connectivity index is 1.88. The van der Waals surface area contributed by atoms with E-state index in [0.717, 1.165) is 31.3 Å². The van der Waals surface area contributed by atoms with Crippen LogP contribution in [-0.4, -0.2) is 35.1 Å². The van der Waals surface area contributed by atoms with Gasteiger partial charge in [-0.25, -0.2) is 4.98 Å². The first-order valence-corrected chi connectivity index (χ1v) is 7.70. The summed E-state index contributed by atoms with van der Waals surface area (Å²) in [5, 5.41) is 6.59. The summed E-state index contributed by atoms with van der Waals surface area (Å²) in [4.78, 5) is 8.66. The van der Waals surface area contributed by atoms with E-state index in [1.807, 2.05) is 18.5 Å². The summed E-state index contributed by atoms with van der Waals surface area (Å²) in [6, 6.07) is 10.8. The van der Waals surface area contributed by atoms with Crippen LogP contribution in [0.4, 0.5) is 0 Å². The van der Waals surface area contributed by atoms with Crippen LogP contribution in [0.2, 0.25) is 0 Å². The molecule has 0 spiro atoms. The quantitative estimate of drug-likeness (QED) is 0.634. The lowest BCUT2D eigenvalue weighted by Gasteiger charge is -2.14. The summed E-state index contributed by atoms with van der Waals surface area (Å²) in [5.41, 5.74) is 1.28. The van der Waals surface area contributed by atoms with Crippen LogP contribution in [0, 0.1) is 0 Å². The molecule has 0 radical (unpaired) electrons. The summed E-state index contributed by atoms with van der Waals surface area (Å²) in [7, 11) is 1.79. The van der Waals surface area contributed by atoms with Crippen LogP contribution in [0.1, 0.15) is 25.2 Å². The van der Waals surface area contributed by atoms with Crippen molar-refractivity contribution in [1.82, 2.24) is 20.2 Å². The van der Waals surface area contributed by atoms with Crippen LogP contribution >= 0.6 is 0 Å². The zero-order valence-corrected chi connectivity index (χ0v) is 13.6. The van der Waals surface area contributed by atoms with Crippen LogP contribution in [-0.2, 0) is 13.0 Å². The highest BCUT2D eigenvalue weighted by atomic mass is 15.2. The fraction of sp³-hybridized carbons (Fsp3) is 0.412. The molecule has 0 aliphatic heterocycles. The number of imidazole rings is 1. The molecule has 1 aromatic heterocycles. The molecule has 22 heavy (non-hydrogen) atoms. The smallest absolute Gasteiger partial charge is 0.191 e. The van der Waals surface area contributed by atoms with Gasteiger partial charge in [-0.05, 0) is 19.4 Å². The summed E-state index contributed by atoms with van der Waals surface area (Å²) in [6.07, 6.45) is 4.75. The molecular formula is C17H25N5. The molecule has 0 atom stereocenters. The first kappa shape index (κ1) is 16.1. The fourth-order valence-electron chi connectivity index (χ4n) is 2.25. The molecule has 2 N–H and O–H groups in total. The largest absolute Gasteiger partial charge is 0.356 e. The Kier molecular flexibility index (Phi) is 6.01. The van der Waals surface area contributed by atoms with E-state index in [0.29, 0.717) is 6.04 Å². The maximum Gasteiger partial charge on any atom is 0.191 e. The molecule has 5 nitrogen and oxygen atoms in total. The van der Waals surface area contributed by atoms with Crippen LogP contribution in [0.25, 0.3) is 0 Å². The monoisotopic (exact) mass is 299 g/mol. The number of benzene rings is 1. The third-order valence-corrected chi connectivity index (χ3v) is 3.29. The molecule has 0 saturated heterocycles. The first-order chi connectivity index (χ1) is 10.7. The summed E-state index contributed by atoms with van der Waals surface area (Å²) < 4.78 is 2.19. The van der Waals surface area contributed by atoms with Crippen molar-refractivity contribution < 1.29 is 0 Å². The van der Waals surface area contributed by atoms with Crippen molar-refractivity contribution >= 4 is 5.96 Å². The maximum atomic E-state index is 4.46. The number of hydrogen-bond donors (Lipinski definition) is 2. The van der Waals surface area contributed by atoms with Gasteiger partial charge in [-0.2, -0.15) is 0 Å². The van der Waals surface area contributed by atoms with Crippen molar-refractivity contribution in [1.29, 1.82) is 0 Å². The van der Waals surface area contributed by atoms with Crippen LogP contribution in [0.3, 0.4) is 0 Å². The number of hydrogen-bond acceptors (Lipinski definition) is 2. The molecule has 118 valence electrons. The molecule has 0 saturated carbocycles. The fourth-order valence-corrected chi connectivity index (χ4v) is 2.25. The van der Waals surface area contributed by atoms with Crippen molar-refractivity contribution in [2.45, 2.75) is 32.9 Å². The van der Waals surface area contributed by atoms with Crippen molar-refractivity contribution in [3.05, 3.63) is 54.1 Å². The lowest BCUT2D eigenvalue weighted by molar-refractivity contribution is 0.674. The Morgan fingerprint density at radius 1 is 1.27 bits per heavy atom. The van der Waals surface area contributed by atoms with E-state index in [1.54, 1.807) is 7.05 Å². The molecule has 2 rings (SSSR count). The van der Waals surface area contributed by atoms with E-state index in [9.17, 15) is 0 Å². The Morgan fingerprint density at radius 2 is 2.05 bits per heavy atom. The minimum Gasteiger partial charge on any atom is -0.356 e. The molecule has 2 aromatic rings. The Hall–Kier alpha value is -2.30. The number of nitrogens with one attached hydrogen (secondary N) is 2. The maximum absolute atomic E-state index is 4.46. The number of guanidine groups is 1. The van der Waals surface area contributed by atoms with Crippen molar-refractivity contribution in [3.8, 4) is 0 Å². The van der Waals surface area contributed by atoms with Crippen LogP contribution in [0.15, 0.2) is 47.7 Å². The highest BCUT2D eigenvalue weighted by Crippen LogP contribution is 2.05. The van der Waals surface area contributed by atoms with E-state index in [2.05, 4.69) is 63.3 Å². The third-order valence-electron chi connectivity index (χ3n) is 3.29. The molecule has 0 unspecified atom stereocenters. The lowest BCUT2D eigenvalue weighted by atomic mass is 10.2. The average Bonchev–Trinajstić information content (AvgIpc) is 2.94. The van der Waals surface area contributed by atoms with Crippen molar-refractivity contribution in [2.24, 2.45) is 4.99 Å². The van der Waals surface area contributed by atoms with E-state index < -0.39 is 0 Å². The van der Waals surface area contributed by atoms with Gasteiger partial charge in [0.15, 0.2) is 5.96 Å². The lowest BCUT2D eigenvalue weighted by Crippen LogP contribution is -2.41. The van der Waals surface area contributed by atoms with E-state index in [1.165, 1.54) is 5.56 Å². The highest BCUT2D eigenvalue weighted by molar-refractivity contribution is 5.79. The standard InChI is InChI=1S/C17H25N5/c1-14(2)21-17(18-3)20-10-9-16-19-11-12-22(16)13-15-7-5-4-6-8-15/h4-8,11-12,14H,9-10,13H2,1-3H3,(H2,18,20,21). The minimum atomic E-state index is 0.367. The van der Waals surface area contributed by atoms with Gasteiger partial charge in [-0.3, -0.25) is 4.99 Å². The van der Waals surface area contributed by atoms with Gasteiger partial charge < -0.3 is 15.2 Å². The van der Waals surface area contributed by atoms with Gasteiger partial charge in [-0.15, -0.1) is 0 Å². The molecule has 0 fully saturated rings. The van der Waals surface area contributed by atoms with E-state index >= 15 is 0 Å². The molecule has 0 bridgehead atoms. The molecule has 1 aromatic carbocycles. The van der Waals surface area contributed by atoms with E-state index in [4.69, 9.17) is 0 Å². The van der Waals surface area contributed by atoms with Crippen molar-refractivity contribution in [2.75, 3.05) is 13.6 Å². The van der Waals surface area contributed by atoms with Gasteiger partial charge in [-0.1, -0.05) is 30.3 Å². The summed E-state index contributed by atoms with van der Waals surface area (Å²) >= 11 is 0. The molecular weight excluding hydrogens is 274 g/mol. The number of rotatable bonds is 6. The topological polar surface area (TPSA) is 54.2 Å².